The molecule has 3 amide bonds. The summed E-state index contributed by atoms with van der Waals surface area (Å²) in [7, 11) is -0.756. The van der Waals surface area contributed by atoms with Crippen molar-refractivity contribution < 1.29 is 23.7 Å². The predicted octanol–water partition coefficient (Wildman–Crippen LogP) is 5.75. The largest absolute Gasteiger partial charge is 0.496 e. The highest BCUT2D eigenvalue weighted by molar-refractivity contribution is 7.70. The van der Waals surface area contributed by atoms with Crippen LogP contribution in [0.2, 0.25) is 5.02 Å². The number of methoxy groups -OCH3 is 1. The predicted molar refractivity (Wildman–Crippen MR) is 243 cm³/mol. The first-order chi connectivity index (χ1) is 29.9. The Labute approximate surface area is 369 Å². The summed E-state index contributed by atoms with van der Waals surface area (Å²) in [6.07, 6.45) is 7.31. The zero-order chi connectivity index (χ0) is 43.4. The molecule has 62 heavy (non-hydrogen) atoms. The molecular weight excluding hydrogens is 821 g/mol. The number of ether oxygens (including phenoxy) is 1. The van der Waals surface area contributed by atoms with Gasteiger partial charge in [-0.25, -0.2) is 9.97 Å². The quantitative estimate of drug-likeness (QED) is 0.0815. The van der Waals surface area contributed by atoms with Gasteiger partial charge in [-0.3, -0.25) is 24.6 Å². The average Bonchev–Trinajstić information content (AvgIpc) is 3.59. The number of fused-ring (bicyclic) bond motifs is 1. The lowest BCUT2D eigenvalue weighted by molar-refractivity contribution is -0.136. The maximum absolute atomic E-state index is 13.0. The zero-order valence-electron chi connectivity index (χ0n) is 35.9. The van der Waals surface area contributed by atoms with E-state index in [1.54, 1.807) is 31.5 Å². The minimum Gasteiger partial charge on any atom is -0.496 e. The Kier molecular flexibility index (Phi) is 13.5. The average molecular weight is 876 g/mol. The number of rotatable bonds is 12. The van der Waals surface area contributed by atoms with Gasteiger partial charge in [0.2, 0.25) is 11.8 Å². The van der Waals surface area contributed by atoms with Crippen LogP contribution in [0.5, 0.6) is 5.75 Å². The Balaban J connectivity index is 0.770. The van der Waals surface area contributed by atoms with Crippen LogP contribution < -0.4 is 20.3 Å². The van der Waals surface area contributed by atoms with Gasteiger partial charge in [-0.15, -0.1) is 0 Å². The number of nitrogens with one attached hydrogen (secondary N) is 1. The Morgan fingerprint density at radius 3 is 2.47 bits per heavy atom. The summed E-state index contributed by atoms with van der Waals surface area (Å²) in [5.74, 6) is 7.24. The molecule has 5 heterocycles. The van der Waals surface area contributed by atoms with Crippen molar-refractivity contribution in [1.29, 1.82) is 0 Å². The molecule has 1 N–H and O–H groups in total. The van der Waals surface area contributed by atoms with E-state index in [2.05, 4.69) is 55.0 Å². The fourth-order valence-electron chi connectivity index (χ4n) is 9.31. The number of carbonyl (C=O) groups excluding carboxylic acids is 3. The fraction of sp³-hybridized carbons (Fsp3) is 0.438. The summed E-state index contributed by atoms with van der Waals surface area (Å²) in [5.41, 5.74) is 6.22. The van der Waals surface area contributed by atoms with Gasteiger partial charge in [0.25, 0.3) is 5.91 Å². The zero-order valence-corrected chi connectivity index (χ0v) is 37.5. The number of imide groups is 1. The van der Waals surface area contributed by atoms with Crippen molar-refractivity contribution in [1.82, 2.24) is 30.0 Å². The molecule has 0 aliphatic carbocycles. The number of hydrogen-bond donors (Lipinski definition) is 1. The van der Waals surface area contributed by atoms with E-state index in [1.165, 1.54) is 0 Å². The Hall–Kier alpha value is -5.05. The van der Waals surface area contributed by atoms with Crippen molar-refractivity contribution in [2.75, 3.05) is 71.2 Å². The van der Waals surface area contributed by atoms with Crippen LogP contribution >= 0.6 is 18.7 Å². The van der Waals surface area contributed by atoms with Crippen LogP contribution in [0.25, 0.3) is 0 Å². The molecule has 324 valence electrons. The Morgan fingerprint density at radius 1 is 0.919 bits per heavy atom. The number of piperidine rings is 2. The van der Waals surface area contributed by atoms with Gasteiger partial charge in [0, 0.05) is 117 Å². The van der Waals surface area contributed by atoms with Crippen molar-refractivity contribution in [3.8, 4) is 17.6 Å². The van der Waals surface area contributed by atoms with Gasteiger partial charge in [-0.2, -0.15) is 0 Å². The van der Waals surface area contributed by atoms with Crippen LogP contribution in [0.1, 0.15) is 82.7 Å². The Morgan fingerprint density at radius 2 is 1.71 bits per heavy atom. The number of aromatic nitrogens is 2. The minimum absolute atomic E-state index is 0.164. The normalized spacial score (nSPS) is 19.0. The van der Waals surface area contributed by atoms with Crippen molar-refractivity contribution in [2.24, 2.45) is 0 Å². The van der Waals surface area contributed by atoms with Crippen molar-refractivity contribution in [3.63, 3.8) is 0 Å². The lowest BCUT2D eigenvalue weighted by Gasteiger charge is -2.43. The number of nitrogens with zero attached hydrogens (tertiary/aromatic N) is 6. The number of halogens is 1. The number of piperazine rings is 1. The monoisotopic (exact) mass is 875 g/mol. The molecule has 0 bridgehead atoms. The van der Waals surface area contributed by atoms with Crippen LogP contribution in [0, 0.1) is 11.8 Å². The number of unbranched alkanes of at least 4 members (excludes halogenated alkanes) is 1. The molecule has 3 aromatic carbocycles. The number of anilines is 1. The van der Waals surface area contributed by atoms with E-state index in [0.717, 1.165) is 116 Å². The van der Waals surface area contributed by atoms with Crippen molar-refractivity contribution in [3.05, 3.63) is 111 Å². The third-order valence-corrected chi connectivity index (χ3v) is 14.6. The highest BCUT2D eigenvalue weighted by Crippen LogP contribution is 2.37. The van der Waals surface area contributed by atoms with E-state index >= 15 is 0 Å². The van der Waals surface area contributed by atoms with Crippen LogP contribution in [0.15, 0.2) is 66.9 Å². The van der Waals surface area contributed by atoms with Crippen LogP contribution in [-0.2, 0) is 33.5 Å². The second kappa shape index (κ2) is 19.1. The summed E-state index contributed by atoms with van der Waals surface area (Å²) >= 11 is 6.58. The minimum atomic E-state index is -2.47. The van der Waals surface area contributed by atoms with Crippen LogP contribution in [0.4, 0.5) is 5.69 Å². The molecule has 4 aliphatic rings. The molecule has 14 heteroatoms. The SMILES string of the molecule is COc1cc(N2CCC(N3CCN(CCCC#Cc4ccc5c(c4)CN(C4CCC(=O)NC4=O)C5=O)CC3)CC2)ccc1Cc1ncc(Cl)c(Cc2ccccc2P(C)(C)=O)n1. The molecule has 0 spiro atoms. The van der Waals surface area contributed by atoms with Crippen LogP contribution in [0.3, 0.4) is 0 Å². The number of amides is 3. The number of benzene rings is 3. The second-order valence-corrected chi connectivity index (χ2v) is 20.8. The van der Waals surface area contributed by atoms with Crippen molar-refractivity contribution >= 4 is 47.5 Å². The molecule has 4 aromatic rings. The molecular formula is C48H55ClN7O5P. The topological polar surface area (TPSA) is 128 Å². The van der Waals surface area contributed by atoms with E-state index in [1.807, 2.05) is 42.5 Å². The maximum atomic E-state index is 13.0. The molecule has 12 nitrogen and oxygen atoms in total. The lowest BCUT2D eigenvalue weighted by atomic mass is 10.0. The maximum Gasteiger partial charge on any atom is 0.255 e. The van der Waals surface area contributed by atoms with Crippen LogP contribution in [-0.4, -0.2) is 121 Å². The Bertz CT molecular complexity index is 2450. The number of hydrogen-bond acceptors (Lipinski definition) is 10. The van der Waals surface area contributed by atoms with E-state index in [-0.39, 0.29) is 18.2 Å². The molecule has 0 saturated carbocycles. The first-order valence-corrected chi connectivity index (χ1v) is 24.7. The molecule has 3 fully saturated rings. The summed E-state index contributed by atoms with van der Waals surface area (Å²) in [4.78, 5) is 55.6. The summed E-state index contributed by atoms with van der Waals surface area (Å²) < 4.78 is 18.9. The summed E-state index contributed by atoms with van der Waals surface area (Å²) in [6.45, 7) is 11.3. The first kappa shape index (κ1) is 43.6. The van der Waals surface area contributed by atoms with Gasteiger partial charge in [-0.05, 0) is 81.0 Å². The van der Waals surface area contributed by atoms with E-state index in [4.69, 9.17) is 21.3 Å². The smallest absolute Gasteiger partial charge is 0.255 e. The lowest BCUT2D eigenvalue weighted by Crippen LogP contribution is -2.53. The molecule has 4 aliphatic heterocycles. The van der Waals surface area contributed by atoms with Gasteiger partial charge < -0.3 is 24.0 Å². The van der Waals surface area contributed by atoms with E-state index < -0.39 is 19.1 Å². The molecule has 1 aromatic heterocycles. The second-order valence-electron chi connectivity index (χ2n) is 17.2. The van der Waals surface area contributed by atoms with Gasteiger partial charge in [0.1, 0.15) is 24.8 Å². The third-order valence-electron chi connectivity index (χ3n) is 12.7. The molecule has 1 atom stereocenters. The molecule has 1 unspecified atom stereocenters. The van der Waals surface area contributed by atoms with E-state index in [9.17, 15) is 18.9 Å². The summed E-state index contributed by atoms with van der Waals surface area (Å²) in [6, 6.07) is 19.9. The first-order valence-electron chi connectivity index (χ1n) is 21.7. The third kappa shape index (κ3) is 10.1. The molecule has 3 saturated heterocycles. The van der Waals surface area contributed by atoms with Gasteiger partial charge in [-0.1, -0.05) is 53.8 Å². The van der Waals surface area contributed by atoms with Gasteiger partial charge >= 0.3 is 0 Å². The van der Waals surface area contributed by atoms with E-state index in [0.29, 0.717) is 48.3 Å². The van der Waals surface area contributed by atoms with Crippen molar-refractivity contribution in [2.45, 2.75) is 70.0 Å². The standard InChI is InChI=1S/C48H55ClN7O5P/c1-61-43-30-38(14-13-34(43)29-45-50-31-40(49)41(51-45)28-35-10-6-7-11-44(35)62(2,3)60)54-21-18-37(19-22-54)55-25-23-53(24-26-55)20-8-4-5-9-33-12-15-39-36(27-33)32-56(48(39)59)42-16-17-46(57)52-47(42)58/h6-7,10-15,27,30-31,37,42H,4,8,16-26,28-29,32H2,1-3H3,(H,52,57,58). The highest BCUT2D eigenvalue weighted by atomic mass is 35.5. The number of carbonyl (C=O) groups is 3. The molecule has 8 rings (SSSR count). The molecule has 0 radical (unpaired) electrons. The van der Waals surface area contributed by atoms with Gasteiger partial charge in [0.15, 0.2) is 0 Å². The highest BCUT2D eigenvalue weighted by Gasteiger charge is 2.39. The fourth-order valence-corrected chi connectivity index (χ4v) is 10.8. The van der Waals surface area contributed by atoms with Gasteiger partial charge in [0.05, 0.1) is 17.8 Å². The summed E-state index contributed by atoms with van der Waals surface area (Å²) in [5, 5.41) is 3.70.